The van der Waals surface area contributed by atoms with E-state index in [0.717, 1.165) is 0 Å². The van der Waals surface area contributed by atoms with Gasteiger partial charge in [0.15, 0.2) is 0 Å². The van der Waals surface area contributed by atoms with Crippen molar-refractivity contribution in [2.45, 2.75) is 6.92 Å². The van der Waals surface area contributed by atoms with Gasteiger partial charge in [0.25, 0.3) is 0 Å². The van der Waals surface area contributed by atoms with Crippen LogP contribution in [0.2, 0.25) is 0 Å². The monoisotopic (exact) mass is 232 g/mol. The minimum absolute atomic E-state index is 0.000556. The van der Waals surface area contributed by atoms with E-state index in [2.05, 4.69) is 15.9 Å². The molecule has 1 aromatic rings. The highest BCUT2D eigenvalue weighted by molar-refractivity contribution is 9.10. The third-order valence-electron chi connectivity index (χ3n) is 1.40. The van der Waals surface area contributed by atoms with E-state index in [4.69, 9.17) is 5.11 Å². The first kappa shape index (κ1) is 9.19. The number of carboxylic acid groups (broad SMARTS) is 1. The molecule has 0 saturated heterocycles. The highest BCUT2D eigenvalue weighted by atomic mass is 79.9. The van der Waals surface area contributed by atoms with E-state index in [-0.39, 0.29) is 10.0 Å². The number of carbonyl (C=O) groups is 1. The molecule has 64 valence electrons. The van der Waals surface area contributed by atoms with Crippen LogP contribution in [0.1, 0.15) is 15.9 Å². The van der Waals surface area contributed by atoms with Crippen LogP contribution in [-0.4, -0.2) is 11.1 Å². The molecule has 1 aromatic carbocycles. The molecule has 1 N–H and O–H groups in total. The molecule has 0 radical (unpaired) electrons. The summed E-state index contributed by atoms with van der Waals surface area (Å²) in [5.41, 5.74) is 0.542. The standard InChI is InChI=1S/C8H6BrFO2/c1-4-2-5(8(11)12)7(9)6(10)3-4/h2-3H,1H3,(H,11,12). The number of carboxylic acids is 1. The molecule has 4 heteroatoms. The lowest BCUT2D eigenvalue weighted by Crippen LogP contribution is -2.00. The first-order valence-corrected chi connectivity index (χ1v) is 4.00. The molecule has 0 spiro atoms. The van der Waals surface area contributed by atoms with Gasteiger partial charge in [0.1, 0.15) is 5.82 Å². The first-order chi connectivity index (χ1) is 5.52. The minimum Gasteiger partial charge on any atom is -0.478 e. The number of rotatable bonds is 1. The van der Waals surface area contributed by atoms with Crippen molar-refractivity contribution in [3.63, 3.8) is 0 Å². The van der Waals surface area contributed by atoms with E-state index >= 15 is 0 Å². The molecule has 0 bridgehead atoms. The van der Waals surface area contributed by atoms with Gasteiger partial charge in [-0.1, -0.05) is 0 Å². The fourth-order valence-electron chi connectivity index (χ4n) is 0.880. The summed E-state index contributed by atoms with van der Waals surface area (Å²) in [6.07, 6.45) is 0. The van der Waals surface area contributed by atoms with Gasteiger partial charge in [-0.3, -0.25) is 0 Å². The van der Waals surface area contributed by atoms with Crippen LogP contribution in [0, 0.1) is 12.7 Å². The molecule has 0 aliphatic heterocycles. The average molecular weight is 233 g/mol. The van der Waals surface area contributed by atoms with E-state index in [9.17, 15) is 9.18 Å². The fourth-order valence-corrected chi connectivity index (χ4v) is 1.28. The van der Waals surface area contributed by atoms with Gasteiger partial charge in [-0.2, -0.15) is 0 Å². The molecule has 12 heavy (non-hydrogen) atoms. The molecule has 0 aliphatic carbocycles. The highest BCUT2D eigenvalue weighted by Gasteiger charge is 2.12. The van der Waals surface area contributed by atoms with E-state index < -0.39 is 11.8 Å². The number of hydrogen-bond donors (Lipinski definition) is 1. The zero-order valence-corrected chi connectivity index (χ0v) is 7.85. The van der Waals surface area contributed by atoms with Crippen molar-refractivity contribution >= 4 is 21.9 Å². The predicted molar refractivity (Wildman–Crippen MR) is 45.8 cm³/mol. The maximum absolute atomic E-state index is 12.9. The molecular weight excluding hydrogens is 227 g/mol. The van der Waals surface area contributed by atoms with Gasteiger partial charge >= 0.3 is 5.97 Å². The second-order valence-corrected chi connectivity index (χ2v) is 3.21. The summed E-state index contributed by atoms with van der Waals surface area (Å²) in [5.74, 6) is -1.68. The summed E-state index contributed by atoms with van der Waals surface area (Å²) in [6.45, 7) is 1.64. The van der Waals surface area contributed by atoms with Crippen LogP contribution in [0.3, 0.4) is 0 Å². The Morgan fingerprint density at radius 2 is 2.17 bits per heavy atom. The van der Waals surface area contributed by atoms with Gasteiger partial charge in [-0.05, 0) is 40.5 Å². The first-order valence-electron chi connectivity index (χ1n) is 3.21. The Morgan fingerprint density at radius 3 is 2.67 bits per heavy atom. The maximum Gasteiger partial charge on any atom is 0.336 e. The summed E-state index contributed by atoms with van der Waals surface area (Å²) in [7, 11) is 0. The third kappa shape index (κ3) is 1.64. The van der Waals surface area contributed by atoms with E-state index in [1.165, 1.54) is 12.1 Å². The molecule has 2 nitrogen and oxygen atoms in total. The van der Waals surface area contributed by atoms with Crippen LogP contribution >= 0.6 is 15.9 Å². The molecule has 0 unspecified atom stereocenters. The van der Waals surface area contributed by atoms with Crippen LogP contribution in [0.25, 0.3) is 0 Å². The summed E-state index contributed by atoms with van der Waals surface area (Å²) in [4.78, 5) is 10.5. The summed E-state index contributed by atoms with van der Waals surface area (Å²) in [5, 5.41) is 8.62. The van der Waals surface area contributed by atoms with Crippen molar-refractivity contribution in [1.29, 1.82) is 0 Å². The zero-order chi connectivity index (χ0) is 9.30. The zero-order valence-electron chi connectivity index (χ0n) is 6.27. The Morgan fingerprint density at radius 1 is 1.58 bits per heavy atom. The van der Waals surface area contributed by atoms with E-state index in [1.54, 1.807) is 6.92 Å². The van der Waals surface area contributed by atoms with Crippen molar-refractivity contribution in [2.24, 2.45) is 0 Å². The summed E-state index contributed by atoms with van der Waals surface area (Å²) in [6, 6.07) is 2.69. The van der Waals surface area contributed by atoms with E-state index in [1.807, 2.05) is 0 Å². The molecule has 0 amide bonds. The second kappa shape index (κ2) is 3.23. The van der Waals surface area contributed by atoms with Crippen molar-refractivity contribution in [1.82, 2.24) is 0 Å². The molecular formula is C8H6BrFO2. The number of halogens is 2. The number of benzene rings is 1. The van der Waals surface area contributed by atoms with Gasteiger partial charge in [0, 0.05) is 0 Å². The van der Waals surface area contributed by atoms with Crippen LogP contribution in [-0.2, 0) is 0 Å². The quantitative estimate of drug-likeness (QED) is 0.809. The number of aryl methyl sites for hydroxylation is 1. The van der Waals surface area contributed by atoms with Crippen LogP contribution in [0.4, 0.5) is 4.39 Å². The summed E-state index contributed by atoms with van der Waals surface area (Å²) >= 11 is 2.86. The number of hydrogen-bond acceptors (Lipinski definition) is 1. The molecule has 0 aromatic heterocycles. The van der Waals surface area contributed by atoms with Crippen molar-refractivity contribution in [2.75, 3.05) is 0 Å². The Kier molecular flexibility index (Phi) is 2.47. The molecule has 0 saturated carbocycles. The minimum atomic E-state index is -1.13. The smallest absolute Gasteiger partial charge is 0.336 e. The van der Waals surface area contributed by atoms with E-state index in [0.29, 0.717) is 5.56 Å². The lowest BCUT2D eigenvalue weighted by Gasteiger charge is -2.01. The van der Waals surface area contributed by atoms with Crippen LogP contribution in [0.5, 0.6) is 0 Å². The number of aromatic carboxylic acids is 1. The molecule has 0 heterocycles. The predicted octanol–water partition coefficient (Wildman–Crippen LogP) is 2.59. The van der Waals surface area contributed by atoms with Gasteiger partial charge in [0.05, 0.1) is 10.0 Å². The lowest BCUT2D eigenvalue weighted by atomic mass is 10.1. The Bertz CT molecular complexity index is 336. The lowest BCUT2D eigenvalue weighted by molar-refractivity contribution is 0.0695. The van der Waals surface area contributed by atoms with Crippen LogP contribution in [0.15, 0.2) is 16.6 Å². The van der Waals surface area contributed by atoms with Crippen LogP contribution < -0.4 is 0 Å². The molecule has 0 atom stereocenters. The third-order valence-corrected chi connectivity index (χ3v) is 2.21. The second-order valence-electron chi connectivity index (χ2n) is 2.41. The molecule has 1 rings (SSSR count). The molecule has 0 aliphatic rings. The topological polar surface area (TPSA) is 37.3 Å². The highest BCUT2D eigenvalue weighted by Crippen LogP contribution is 2.22. The van der Waals surface area contributed by atoms with Crippen molar-refractivity contribution in [3.05, 3.63) is 33.5 Å². The van der Waals surface area contributed by atoms with Gasteiger partial charge in [-0.15, -0.1) is 0 Å². The average Bonchev–Trinajstić information content (AvgIpc) is 1.96. The SMILES string of the molecule is Cc1cc(F)c(Br)c(C(=O)O)c1. The van der Waals surface area contributed by atoms with Crippen molar-refractivity contribution in [3.8, 4) is 0 Å². The Labute approximate surface area is 77.2 Å². The Hall–Kier alpha value is -0.900. The molecule has 0 fully saturated rings. The fraction of sp³-hybridized carbons (Fsp3) is 0.125. The van der Waals surface area contributed by atoms with Crippen molar-refractivity contribution < 1.29 is 14.3 Å². The van der Waals surface area contributed by atoms with Gasteiger partial charge in [-0.25, -0.2) is 9.18 Å². The summed E-state index contributed by atoms with van der Waals surface area (Å²) < 4.78 is 12.9. The van der Waals surface area contributed by atoms with Gasteiger partial charge in [0.2, 0.25) is 0 Å². The normalized spacial score (nSPS) is 9.92. The largest absolute Gasteiger partial charge is 0.478 e. The van der Waals surface area contributed by atoms with Gasteiger partial charge < -0.3 is 5.11 Å². The maximum atomic E-state index is 12.9. The Balaban J connectivity index is 3.37.